The molecule has 4 bridgehead atoms. The van der Waals surface area contributed by atoms with Gasteiger partial charge in [0, 0.05) is 50.9 Å². The summed E-state index contributed by atoms with van der Waals surface area (Å²) in [6, 6.07) is 36.2. The van der Waals surface area contributed by atoms with Crippen LogP contribution < -0.4 is 4.90 Å². The maximum absolute atomic E-state index is 15.2. The van der Waals surface area contributed by atoms with Crippen molar-refractivity contribution in [1.29, 1.82) is 0 Å². The van der Waals surface area contributed by atoms with Crippen molar-refractivity contribution in [2.24, 2.45) is 23.2 Å². The number of piperidine rings is 1. The smallest absolute Gasteiger partial charge is 0.307 e. The largest absolute Gasteiger partial charge is 0.431 e. The van der Waals surface area contributed by atoms with Gasteiger partial charge in [0.15, 0.2) is 0 Å². The molecule has 4 aromatic carbocycles. The van der Waals surface area contributed by atoms with Crippen LogP contribution in [-0.4, -0.2) is 55.4 Å². The van der Waals surface area contributed by atoms with E-state index in [1.165, 1.54) is 13.8 Å². The number of esters is 1. The molecule has 3 aliphatic rings. The standard InChI is InChI=1S/C44H43BrN2O7/c1-28(48)47(36-23-15-14-22-35(36)45)41(50)38-37(54-29(2)49)24-34-33(25-44(52-4,31-18-10-6-11-19-31)32-20-12-7-13-21-32)40-39(38)43(34,42(51)46(40)3)27-53-26-30-16-8-5-9-17-30/h5-23,33-34,39-40H,24-27H2,1-4H3/t33-,34+,39-,40+,43-/m0/s1. The number of nitrogens with zero attached hydrogens (tertiary/aromatic N) is 2. The number of halogens is 1. The lowest BCUT2D eigenvalue weighted by Crippen LogP contribution is -2.53. The number of rotatable bonds is 12. The van der Waals surface area contributed by atoms with Gasteiger partial charge in [-0.3, -0.25) is 19.2 Å². The number of carbonyl (C=O) groups excluding carboxylic acids is 4. The number of ether oxygens (including phenoxy) is 3. The van der Waals surface area contributed by atoms with Gasteiger partial charge in [-0.25, -0.2) is 4.90 Å². The van der Waals surface area contributed by atoms with Gasteiger partial charge < -0.3 is 19.1 Å². The monoisotopic (exact) mass is 790 g/mol. The van der Waals surface area contributed by atoms with Crippen molar-refractivity contribution in [3.63, 3.8) is 0 Å². The third-order valence-electron chi connectivity index (χ3n) is 11.6. The van der Waals surface area contributed by atoms with E-state index in [9.17, 15) is 14.4 Å². The van der Waals surface area contributed by atoms with Gasteiger partial charge in [0.05, 0.1) is 29.9 Å². The van der Waals surface area contributed by atoms with Gasteiger partial charge in [-0.1, -0.05) is 103 Å². The Labute approximate surface area is 324 Å². The first-order valence-corrected chi connectivity index (χ1v) is 18.9. The van der Waals surface area contributed by atoms with Gasteiger partial charge in [-0.05, 0) is 63.0 Å². The van der Waals surface area contributed by atoms with Crippen LogP contribution in [0.25, 0.3) is 0 Å². The Kier molecular flexibility index (Phi) is 10.5. The van der Waals surface area contributed by atoms with Crippen molar-refractivity contribution in [2.75, 3.05) is 25.7 Å². The number of hydrogen-bond donors (Lipinski definition) is 0. The third-order valence-corrected chi connectivity index (χ3v) is 12.3. The van der Waals surface area contributed by atoms with E-state index in [0.29, 0.717) is 16.6 Å². The summed E-state index contributed by atoms with van der Waals surface area (Å²) in [4.78, 5) is 59.2. The average Bonchev–Trinajstić information content (AvgIpc) is 3.48. The molecule has 54 heavy (non-hydrogen) atoms. The van der Waals surface area contributed by atoms with E-state index in [0.717, 1.165) is 21.6 Å². The number of amides is 3. The predicted octanol–water partition coefficient (Wildman–Crippen LogP) is 7.44. The van der Waals surface area contributed by atoms with Crippen LogP contribution >= 0.6 is 15.9 Å². The molecule has 1 heterocycles. The first-order valence-electron chi connectivity index (χ1n) is 18.1. The first-order chi connectivity index (χ1) is 26.0. The minimum Gasteiger partial charge on any atom is -0.431 e. The Balaban J connectivity index is 1.41. The van der Waals surface area contributed by atoms with Crippen LogP contribution in [0.15, 0.2) is 131 Å². The summed E-state index contributed by atoms with van der Waals surface area (Å²) >= 11 is 3.53. The molecule has 0 unspecified atom stereocenters. The van der Waals surface area contributed by atoms with E-state index in [4.69, 9.17) is 14.2 Å². The van der Waals surface area contributed by atoms with Crippen molar-refractivity contribution >= 4 is 45.3 Å². The third kappa shape index (κ3) is 6.20. The van der Waals surface area contributed by atoms with E-state index in [2.05, 4.69) is 15.9 Å². The zero-order valence-electron chi connectivity index (χ0n) is 30.7. The number of likely N-dealkylation sites (tertiary alicyclic amines) is 1. The van der Waals surface area contributed by atoms with Crippen molar-refractivity contribution in [1.82, 2.24) is 4.90 Å². The molecule has 9 nitrogen and oxygen atoms in total. The summed E-state index contributed by atoms with van der Waals surface area (Å²) in [7, 11) is 3.48. The molecule has 4 aromatic rings. The van der Waals surface area contributed by atoms with E-state index in [-0.39, 0.29) is 42.8 Å². The van der Waals surface area contributed by atoms with Gasteiger partial charge in [0.25, 0.3) is 5.91 Å². The summed E-state index contributed by atoms with van der Waals surface area (Å²) in [6.45, 7) is 2.89. The van der Waals surface area contributed by atoms with E-state index >= 15 is 4.79 Å². The Morgan fingerprint density at radius 3 is 2.00 bits per heavy atom. The summed E-state index contributed by atoms with van der Waals surface area (Å²) in [5.74, 6) is -3.16. The summed E-state index contributed by atoms with van der Waals surface area (Å²) in [6.07, 6.45) is 0.550. The van der Waals surface area contributed by atoms with E-state index in [1.807, 2.05) is 91.0 Å². The van der Waals surface area contributed by atoms with Crippen LogP contribution in [0, 0.1) is 23.2 Å². The number of imide groups is 1. The van der Waals surface area contributed by atoms with Gasteiger partial charge in [0.1, 0.15) is 11.4 Å². The molecule has 5 atom stereocenters. The quantitative estimate of drug-likeness (QED) is 0.138. The zero-order valence-corrected chi connectivity index (χ0v) is 32.3. The molecule has 0 spiro atoms. The molecule has 3 amide bonds. The number of carbonyl (C=O) groups is 4. The number of para-hydroxylation sites is 1. The van der Waals surface area contributed by atoms with Crippen molar-refractivity contribution in [2.45, 2.75) is 44.9 Å². The van der Waals surface area contributed by atoms with Crippen molar-refractivity contribution in [3.05, 3.63) is 148 Å². The number of methoxy groups -OCH3 is 1. The number of allylic oxidation sites excluding steroid dienone is 1. The molecule has 0 N–H and O–H groups in total. The molecule has 7 rings (SSSR count). The fourth-order valence-electron chi connectivity index (χ4n) is 9.51. The first kappa shape index (κ1) is 37.4. The van der Waals surface area contributed by atoms with Gasteiger partial charge >= 0.3 is 5.97 Å². The van der Waals surface area contributed by atoms with Gasteiger partial charge in [-0.2, -0.15) is 0 Å². The number of hydrogen-bond acceptors (Lipinski definition) is 7. The van der Waals surface area contributed by atoms with E-state index < -0.39 is 46.7 Å². The highest BCUT2D eigenvalue weighted by atomic mass is 79.9. The second-order valence-electron chi connectivity index (χ2n) is 14.4. The topological polar surface area (TPSA) is 102 Å². The van der Waals surface area contributed by atoms with Crippen LogP contribution in [-0.2, 0) is 45.6 Å². The van der Waals surface area contributed by atoms with Crippen LogP contribution in [0.2, 0.25) is 0 Å². The zero-order chi connectivity index (χ0) is 38.2. The molecular formula is C44H43BrN2O7. The highest BCUT2D eigenvalue weighted by Crippen LogP contribution is 2.68. The van der Waals surface area contributed by atoms with Crippen LogP contribution in [0.3, 0.4) is 0 Å². The van der Waals surface area contributed by atoms with Crippen molar-refractivity contribution in [3.8, 4) is 0 Å². The molecule has 0 radical (unpaired) electrons. The highest BCUT2D eigenvalue weighted by Gasteiger charge is 2.75. The van der Waals surface area contributed by atoms with Crippen LogP contribution in [0.5, 0.6) is 0 Å². The molecule has 10 heteroatoms. The molecule has 2 aliphatic carbocycles. The maximum atomic E-state index is 15.2. The Bertz CT molecular complexity index is 2050. The van der Waals surface area contributed by atoms with Gasteiger partial charge in [-0.15, -0.1) is 0 Å². The minimum absolute atomic E-state index is 0.0172. The second kappa shape index (κ2) is 15.1. The normalized spacial score (nSPS) is 23.1. The average molecular weight is 792 g/mol. The number of anilines is 1. The maximum Gasteiger partial charge on any atom is 0.307 e. The lowest BCUT2D eigenvalue weighted by atomic mass is 9.62. The fraction of sp³-hybridized carbons (Fsp3) is 0.318. The van der Waals surface area contributed by atoms with E-state index in [1.54, 1.807) is 43.3 Å². The minimum atomic E-state index is -1.21. The fourth-order valence-corrected chi connectivity index (χ4v) is 9.98. The summed E-state index contributed by atoms with van der Waals surface area (Å²) < 4.78 is 19.6. The lowest BCUT2D eigenvalue weighted by Gasteiger charge is -2.46. The van der Waals surface area contributed by atoms with Crippen molar-refractivity contribution < 1.29 is 33.4 Å². The van der Waals surface area contributed by atoms with Gasteiger partial charge in [0.2, 0.25) is 11.8 Å². The Morgan fingerprint density at radius 2 is 1.44 bits per heavy atom. The molecule has 0 aromatic heterocycles. The molecular weight excluding hydrogens is 748 g/mol. The molecule has 1 saturated heterocycles. The Morgan fingerprint density at radius 1 is 0.870 bits per heavy atom. The molecule has 278 valence electrons. The summed E-state index contributed by atoms with van der Waals surface area (Å²) in [5.41, 5.74) is 1.17. The summed E-state index contributed by atoms with van der Waals surface area (Å²) in [5, 5.41) is 0. The Hall–Kier alpha value is -4.90. The highest BCUT2D eigenvalue weighted by molar-refractivity contribution is 9.10. The second-order valence-corrected chi connectivity index (χ2v) is 15.2. The predicted molar refractivity (Wildman–Crippen MR) is 207 cm³/mol. The molecule has 1 saturated carbocycles. The SMILES string of the molecule is COC(C[C@@H]1[C@@H]2[C@@H]3C(C(=O)N(C(C)=O)c4ccccc4Br)=C(OC(C)=O)C[C@H]1[C@]3(COCc1ccccc1)C(=O)N2C)(c1ccccc1)c1ccccc1. The number of benzene rings is 4. The molecule has 2 fully saturated rings. The lowest BCUT2D eigenvalue weighted by molar-refractivity contribution is -0.153. The van der Waals surface area contributed by atoms with Crippen LogP contribution in [0.1, 0.15) is 43.4 Å². The molecule has 1 aliphatic heterocycles. The van der Waals surface area contributed by atoms with Crippen LogP contribution in [0.4, 0.5) is 5.69 Å².